The lowest BCUT2D eigenvalue weighted by Gasteiger charge is -2.32. The highest BCUT2D eigenvalue weighted by Gasteiger charge is 2.23. The summed E-state index contributed by atoms with van der Waals surface area (Å²) in [6, 6.07) is 5.76. The summed E-state index contributed by atoms with van der Waals surface area (Å²) in [6.07, 6.45) is 8.70. The molecule has 1 amide bonds. The van der Waals surface area contributed by atoms with Crippen LogP contribution in [0.15, 0.2) is 43.0 Å². The van der Waals surface area contributed by atoms with Crippen molar-refractivity contribution in [1.82, 2.24) is 20.3 Å². The Morgan fingerprint density at radius 3 is 2.75 bits per heavy atom. The standard InChI is InChI=1S/C17H17N5OS/c23-16(12-2-1-6-18-10-12)20-13-4-8-22(9-5-13)17-21-14-11-19-7-3-15(14)24-17/h1-3,6-7,10-11,13H,4-5,8-9H2,(H,20,23). The Bertz CT molecular complexity index is 809. The van der Waals surface area contributed by atoms with Gasteiger partial charge in [0.15, 0.2) is 5.13 Å². The quantitative estimate of drug-likeness (QED) is 0.794. The van der Waals surface area contributed by atoms with Gasteiger partial charge in [0.05, 0.1) is 16.5 Å². The molecule has 0 bridgehead atoms. The summed E-state index contributed by atoms with van der Waals surface area (Å²) in [5.41, 5.74) is 1.56. The van der Waals surface area contributed by atoms with Crippen LogP contribution < -0.4 is 10.2 Å². The Morgan fingerprint density at radius 1 is 1.17 bits per heavy atom. The molecule has 4 rings (SSSR count). The number of nitrogens with one attached hydrogen (secondary N) is 1. The third-order valence-electron chi connectivity index (χ3n) is 4.20. The molecule has 24 heavy (non-hydrogen) atoms. The number of hydrogen-bond acceptors (Lipinski definition) is 6. The van der Waals surface area contributed by atoms with E-state index in [-0.39, 0.29) is 11.9 Å². The molecule has 122 valence electrons. The van der Waals surface area contributed by atoms with Gasteiger partial charge in [0.1, 0.15) is 5.52 Å². The van der Waals surface area contributed by atoms with Gasteiger partial charge in [-0.25, -0.2) is 4.98 Å². The number of rotatable bonds is 3. The van der Waals surface area contributed by atoms with Gasteiger partial charge >= 0.3 is 0 Å². The van der Waals surface area contributed by atoms with Gasteiger partial charge in [0.2, 0.25) is 0 Å². The molecule has 0 radical (unpaired) electrons. The molecule has 3 aromatic heterocycles. The number of piperidine rings is 1. The number of amides is 1. The number of fused-ring (bicyclic) bond motifs is 1. The number of nitrogens with zero attached hydrogens (tertiary/aromatic N) is 4. The van der Waals surface area contributed by atoms with Crippen molar-refractivity contribution < 1.29 is 4.79 Å². The molecule has 1 aliphatic heterocycles. The van der Waals surface area contributed by atoms with Crippen LogP contribution in [-0.4, -0.2) is 40.0 Å². The van der Waals surface area contributed by atoms with Gasteiger partial charge in [0, 0.05) is 37.7 Å². The highest BCUT2D eigenvalue weighted by molar-refractivity contribution is 7.22. The van der Waals surface area contributed by atoms with Crippen molar-refractivity contribution in [1.29, 1.82) is 0 Å². The first-order chi connectivity index (χ1) is 11.8. The maximum Gasteiger partial charge on any atom is 0.253 e. The lowest BCUT2D eigenvalue weighted by Crippen LogP contribution is -2.44. The van der Waals surface area contributed by atoms with Crippen LogP contribution in [0.3, 0.4) is 0 Å². The van der Waals surface area contributed by atoms with E-state index in [0.29, 0.717) is 5.56 Å². The molecule has 0 saturated carbocycles. The van der Waals surface area contributed by atoms with Crippen LogP contribution in [0.25, 0.3) is 10.2 Å². The van der Waals surface area contributed by atoms with Gasteiger partial charge in [-0.15, -0.1) is 0 Å². The second kappa shape index (κ2) is 6.52. The molecular weight excluding hydrogens is 322 g/mol. The van der Waals surface area contributed by atoms with Gasteiger partial charge in [-0.2, -0.15) is 0 Å². The van der Waals surface area contributed by atoms with Crippen LogP contribution in [-0.2, 0) is 0 Å². The summed E-state index contributed by atoms with van der Waals surface area (Å²) in [6.45, 7) is 1.79. The number of aromatic nitrogens is 3. The van der Waals surface area contributed by atoms with Gasteiger partial charge in [-0.3, -0.25) is 14.8 Å². The third kappa shape index (κ3) is 3.07. The number of anilines is 1. The fourth-order valence-corrected chi connectivity index (χ4v) is 3.87. The fraction of sp³-hybridized carbons (Fsp3) is 0.294. The van der Waals surface area contributed by atoms with Crippen LogP contribution >= 0.6 is 11.3 Å². The van der Waals surface area contributed by atoms with E-state index in [9.17, 15) is 4.79 Å². The van der Waals surface area contributed by atoms with E-state index in [1.54, 1.807) is 48.3 Å². The predicted molar refractivity (Wildman–Crippen MR) is 94.4 cm³/mol. The van der Waals surface area contributed by atoms with E-state index in [1.165, 1.54) is 0 Å². The largest absolute Gasteiger partial charge is 0.349 e. The van der Waals surface area contributed by atoms with Crippen LogP contribution in [0.2, 0.25) is 0 Å². The molecule has 1 fully saturated rings. The summed E-state index contributed by atoms with van der Waals surface area (Å²) in [5.74, 6) is -0.0485. The van der Waals surface area contributed by atoms with Crippen LogP contribution in [0.1, 0.15) is 23.2 Å². The van der Waals surface area contributed by atoms with E-state index in [1.807, 2.05) is 6.07 Å². The molecule has 4 heterocycles. The molecule has 6 nitrogen and oxygen atoms in total. The van der Waals surface area contributed by atoms with Gasteiger partial charge in [-0.05, 0) is 31.0 Å². The minimum Gasteiger partial charge on any atom is -0.349 e. The molecule has 1 saturated heterocycles. The molecule has 0 spiro atoms. The topological polar surface area (TPSA) is 71.0 Å². The molecule has 3 aromatic rings. The Kier molecular flexibility index (Phi) is 4.08. The monoisotopic (exact) mass is 339 g/mol. The zero-order chi connectivity index (χ0) is 16.4. The Hall–Kier alpha value is -2.54. The molecule has 1 aliphatic rings. The number of thiazole rings is 1. The minimum atomic E-state index is -0.0485. The number of hydrogen-bond donors (Lipinski definition) is 1. The van der Waals surface area contributed by atoms with E-state index >= 15 is 0 Å². The predicted octanol–water partition coefficient (Wildman–Crippen LogP) is 2.49. The van der Waals surface area contributed by atoms with E-state index in [4.69, 9.17) is 0 Å². The maximum absolute atomic E-state index is 12.2. The third-order valence-corrected chi connectivity index (χ3v) is 5.30. The Balaban J connectivity index is 1.37. The van der Waals surface area contributed by atoms with E-state index in [2.05, 4.69) is 25.2 Å². The molecule has 0 aliphatic carbocycles. The highest BCUT2D eigenvalue weighted by Crippen LogP contribution is 2.29. The van der Waals surface area contributed by atoms with Crippen LogP contribution in [0.4, 0.5) is 5.13 Å². The van der Waals surface area contributed by atoms with Crippen molar-refractivity contribution in [3.63, 3.8) is 0 Å². The van der Waals surface area contributed by atoms with E-state index in [0.717, 1.165) is 41.3 Å². The van der Waals surface area contributed by atoms with Crippen molar-refractivity contribution >= 4 is 32.6 Å². The Morgan fingerprint density at radius 2 is 2.00 bits per heavy atom. The number of pyridine rings is 2. The first-order valence-corrected chi connectivity index (χ1v) is 8.77. The zero-order valence-corrected chi connectivity index (χ0v) is 13.9. The molecule has 7 heteroatoms. The lowest BCUT2D eigenvalue weighted by atomic mass is 10.1. The van der Waals surface area contributed by atoms with Gasteiger partial charge in [-0.1, -0.05) is 11.3 Å². The van der Waals surface area contributed by atoms with Gasteiger partial charge in [0.25, 0.3) is 5.91 Å². The van der Waals surface area contributed by atoms with Crippen molar-refractivity contribution in [3.8, 4) is 0 Å². The summed E-state index contributed by atoms with van der Waals surface area (Å²) >= 11 is 1.70. The van der Waals surface area contributed by atoms with Crippen LogP contribution in [0.5, 0.6) is 0 Å². The van der Waals surface area contributed by atoms with Crippen molar-refractivity contribution in [2.75, 3.05) is 18.0 Å². The fourth-order valence-electron chi connectivity index (χ4n) is 2.88. The summed E-state index contributed by atoms with van der Waals surface area (Å²) < 4.78 is 1.16. The highest BCUT2D eigenvalue weighted by atomic mass is 32.1. The number of carbonyl (C=O) groups is 1. The second-order valence-corrected chi connectivity index (χ2v) is 6.83. The molecule has 0 unspecified atom stereocenters. The van der Waals surface area contributed by atoms with Crippen molar-refractivity contribution in [3.05, 3.63) is 48.5 Å². The molecule has 1 N–H and O–H groups in total. The average molecular weight is 339 g/mol. The smallest absolute Gasteiger partial charge is 0.253 e. The average Bonchev–Trinajstić information content (AvgIpc) is 3.07. The lowest BCUT2D eigenvalue weighted by molar-refractivity contribution is 0.0930. The summed E-state index contributed by atoms with van der Waals surface area (Å²) in [4.78, 5) is 27.3. The number of carbonyl (C=O) groups excluding carboxylic acids is 1. The SMILES string of the molecule is O=C(NC1CCN(c2nc3cnccc3s2)CC1)c1cccnc1. The second-order valence-electron chi connectivity index (χ2n) is 5.82. The summed E-state index contributed by atoms with van der Waals surface area (Å²) in [7, 11) is 0. The molecule has 0 aromatic carbocycles. The maximum atomic E-state index is 12.2. The summed E-state index contributed by atoms with van der Waals surface area (Å²) in [5, 5.41) is 4.14. The minimum absolute atomic E-state index is 0.0485. The van der Waals surface area contributed by atoms with E-state index < -0.39 is 0 Å². The first kappa shape index (κ1) is 15.0. The normalized spacial score (nSPS) is 15.6. The molecular formula is C17H17N5OS. The Labute approximate surface area is 143 Å². The van der Waals surface area contributed by atoms with Crippen LogP contribution in [0, 0.1) is 0 Å². The molecule has 0 atom stereocenters. The van der Waals surface area contributed by atoms with Gasteiger partial charge < -0.3 is 10.2 Å². The van der Waals surface area contributed by atoms with Crippen molar-refractivity contribution in [2.45, 2.75) is 18.9 Å². The first-order valence-electron chi connectivity index (χ1n) is 7.96. The zero-order valence-electron chi connectivity index (χ0n) is 13.1. The van der Waals surface area contributed by atoms with Crippen molar-refractivity contribution in [2.24, 2.45) is 0 Å².